The summed E-state index contributed by atoms with van der Waals surface area (Å²) >= 11 is 0. The van der Waals surface area contributed by atoms with Gasteiger partial charge in [0.05, 0.1) is 6.20 Å². The van der Waals surface area contributed by atoms with E-state index < -0.39 is 15.8 Å². The van der Waals surface area contributed by atoms with Gasteiger partial charge in [0.25, 0.3) is 0 Å². The highest BCUT2D eigenvalue weighted by atomic mass is 32.2. The highest BCUT2D eigenvalue weighted by Gasteiger charge is 2.31. The van der Waals surface area contributed by atoms with Gasteiger partial charge in [-0.1, -0.05) is 6.42 Å². The second kappa shape index (κ2) is 4.70. The molecule has 2 heterocycles. The average Bonchev–Trinajstić information content (AvgIpc) is 2.29. The number of nitrogens with zero attached hydrogens (tertiary/aromatic N) is 2. The molecule has 1 fully saturated rings. The molecule has 1 aromatic heterocycles. The zero-order valence-corrected chi connectivity index (χ0v) is 10.5. The third-order valence-electron chi connectivity index (χ3n) is 3.03. The number of hydrogen-bond donors (Lipinski definition) is 0. The number of rotatable bonds is 2. The summed E-state index contributed by atoms with van der Waals surface area (Å²) < 4.78 is 39.0. The van der Waals surface area contributed by atoms with E-state index in [9.17, 15) is 12.8 Å². The van der Waals surface area contributed by atoms with Gasteiger partial charge >= 0.3 is 0 Å². The fourth-order valence-corrected chi connectivity index (χ4v) is 3.77. The maximum atomic E-state index is 13.0. The van der Waals surface area contributed by atoms with Crippen molar-refractivity contribution >= 4 is 10.0 Å². The van der Waals surface area contributed by atoms with Gasteiger partial charge in [0.15, 0.2) is 0 Å². The molecule has 0 radical (unpaired) electrons. The number of aromatic nitrogens is 1. The molecule has 0 N–H and O–H groups in total. The highest BCUT2D eigenvalue weighted by molar-refractivity contribution is 7.89. The van der Waals surface area contributed by atoms with Crippen LogP contribution in [0.1, 0.15) is 26.2 Å². The molecule has 0 aliphatic carbocycles. The van der Waals surface area contributed by atoms with Gasteiger partial charge in [-0.2, -0.15) is 4.31 Å². The van der Waals surface area contributed by atoms with E-state index in [2.05, 4.69) is 4.98 Å². The van der Waals surface area contributed by atoms with Crippen molar-refractivity contribution < 1.29 is 12.8 Å². The Bertz CT molecular complexity index is 504. The molecule has 1 saturated heterocycles. The molecule has 2 rings (SSSR count). The van der Waals surface area contributed by atoms with E-state index >= 15 is 0 Å². The van der Waals surface area contributed by atoms with Gasteiger partial charge in [-0.05, 0) is 25.8 Å². The maximum absolute atomic E-state index is 13.0. The number of halogens is 1. The number of piperidine rings is 1. The van der Waals surface area contributed by atoms with Crippen LogP contribution >= 0.6 is 0 Å². The Morgan fingerprint density at radius 1 is 1.41 bits per heavy atom. The van der Waals surface area contributed by atoms with Crippen molar-refractivity contribution in [1.82, 2.24) is 9.29 Å². The Kier molecular flexibility index (Phi) is 3.44. The van der Waals surface area contributed by atoms with Crippen molar-refractivity contribution in [2.24, 2.45) is 0 Å². The van der Waals surface area contributed by atoms with Gasteiger partial charge in [-0.15, -0.1) is 0 Å². The predicted octanol–water partition coefficient (Wildman–Crippen LogP) is 1.78. The molecule has 17 heavy (non-hydrogen) atoms. The second-order valence-corrected chi connectivity index (χ2v) is 6.19. The van der Waals surface area contributed by atoms with E-state index in [0.29, 0.717) is 6.54 Å². The molecule has 0 spiro atoms. The topological polar surface area (TPSA) is 50.3 Å². The molecule has 94 valence electrons. The van der Waals surface area contributed by atoms with Gasteiger partial charge in [-0.25, -0.2) is 12.8 Å². The third kappa shape index (κ3) is 2.47. The Morgan fingerprint density at radius 2 is 2.18 bits per heavy atom. The summed E-state index contributed by atoms with van der Waals surface area (Å²) in [7, 11) is -3.60. The number of pyridine rings is 1. The lowest BCUT2D eigenvalue weighted by molar-refractivity contribution is 0.268. The SMILES string of the molecule is CC1CCCCN1S(=O)(=O)c1cncc(F)c1. The number of hydrogen-bond acceptors (Lipinski definition) is 3. The lowest BCUT2D eigenvalue weighted by Crippen LogP contribution is -2.41. The first-order valence-electron chi connectivity index (χ1n) is 5.64. The van der Waals surface area contributed by atoms with Crippen LogP contribution in [0.3, 0.4) is 0 Å². The fraction of sp³-hybridized carbons (Fsp3) is 0.545. The minimum atomic E-state index is -3.60. The molecule has 1 unspecified atom stereocenters. The summed E-state index contributed by atoms with van der Waals surface area (Å²) in [6.07, 6.45) is 4.93. The first-order valence-corrected chi connectivity index (χ1v) is 7.08. The van der Waals surface area contributed by atoms with Crippen LogP contribution in [0.5, 0.6) is 0 Å². The molecular formula is C11H15FN2O2S. The minimum Gasteiger partial charge on any atom is -0.260 e. The molecule has 1 aromatic rings. The lowest BCUT2D eigenvalue weighted by atomic mass is 10.1. The summed E-state index contributed by atoms with van der Waals surface area (Å²) in [5.41, 5.74) is 0. The van der Waals surface area contributed by atoms with Crippen LogP contribution in [-0.4, -0.2) is 30.3 Å². The summed E-state index contributed by atoms with van der Waals surface area (Å²) in [5.74, 6) is -0.629. The smallest absolute Gasteiger partial charge is 0.244 e. The van der Waals surface area contributed by atoms with Crippen LogP contribution in [-0.2, 0) is 10.0 Å². The standard InChI is InChI=1S/C11H15FN2O2S/c1-9-4-2-3-5-14(9)17(15,16)11-6-10(12)7-13-8-11/h6-9H,2-5H2,1H3. The molecule has 0 aromatic carbocycles. The highest BCUT2D eigenvalue weighted by Crippen LogP contribution is 2.24. The first kappa shape index (κ1) is 12.4. The van der Waals surface area contributed by atoms with Crippen molar-refractivity contribution in [3.8, 4) is 0 Å². The zero-order valence-electron chi connectivity index (χ0n) is 9.63. The molecule has 1 aliphatic rings. The Balaban J connectivity index is 2.35. The van der Waals surface area contributed by atoms with Gasteiger partial charge in [0.2, 0.25) is 10.0 Å². The molecule has 6 heteroatoms. The molecule has 1 atom stereocenters. The summed E-state index contributed by atoms with van der Waals surface area (Å²) in [6.45, 7) is 2.38. The molecule has 0 amide bonds. The molecule has 0 bridgehead atoms. The van der Waals surface area contributed by atoms with E-state index in [4.69, 9.17) is 0 Å². The van der Waals surface area contributed by atoms with E-state index in [0.717, 1.165) is 31.5 Å². The monoisotopic (exact) mass is 258 g/mol. The van der Waals surface area contributed by atoms with E-state index in [-0.39, 0.29) is 10.9 Å². The van der Waals surface area contributed by atoms with Crippen molar-refractivity contribution in [2.45, 2.75) is 37.1 Å². The van der Waals surface area contributed by atoms with Crippen molar-refractivity contribution in [2.75, 3.05) is 6.54 Å². The largest absolute Gasteiger partial charge is 0.260 e. The summed E-state index contributed by atoms with van der Waals surface area (Å²) in [4.78, 5) is 3.53. The van der Waals surface area contributed by atoms with Crippen molar-refractivity contribution in [3.05, 3.63) is 24.3 Å². The quantitative estimate of drug-likeness (QED) is 0.812. The fourth-order valence-electron chi connectivity index (χ4n) is 2.10. The van der Waals surface area contributed by atoms with E-state index in [1.165, 1.54) is 10.5 Å². The van der Waals surface area contributed by atoms with Crippen LogP contribution in [0.25, 0.3) is 0 Å². The Morgan fingerprint density at radius 3 is 2.82 bits per heavy atom. The summed E-state index contributed by atoms with van der Waals surface area (Å²) in [6, 6.07) is 0.987. The van der Waals surface area contributed by atoms with Crippen LogP contribution in [0.2, 0.25) is 0 Å². The number of sulfonamides is 1. The lowest BCUT2D eigenvalue weighted by Gasteiger charge is -2.32. The van der Waals surface area contributed by atoms with E-state index in [1.807, 2.05) is 6.92 Å². The van der Waals surface area contributed by atoms with Gasteiger partial charge < -0.3 is 0 Å². The van der Waals surface area contributed by atoms with Gasteiger partial charge in [-0.3, -0.25) is 4.98 Å². The van der Waals surface area contributed by atoms with Crippen LogP contribution < -0.4 is 0 Å². The maximum Gasteiger partial charge on any atom is 0.244 e. The van der Waals surface area contributed by atoms with E-state index in [1.54, 1.807) is 0 Å². The Hall–Kier alpha value is -1.01. The van der Waals surface area contributed by atoms with Crippen molar-refractivity contribution in [3.63, 3.8) is 0 Å². The third-order valence-corrected chi connectivity index (χ3v) is 5.01. The normalized spacial score (nSPS) is 22.6. The van der Waals surface area contributed by atoms with Gasteiger partial charge in [0, 0.05) is 18.8 Å². The molecule has 0 saturated carbocycles. The molecule has 4 nitrogen and oxygen atoms in total. The van der Waals surface area contributed by atoms with Crippen molar-refractivity contribution in [1.29, 1.82) is 0 Å². The van der Waals surface area contributed by atoms with Crippen LogP contribution in [0.4, 0.5) is 4.39 Å². The molecule has 1 aliphatic heterocycles. The summed E-state index contributed by atoms with van der Waals surface area (Å²) in [5, 5.41) is 0. The van der Waals surface area contributed by atoms with Gasteiger partial charge in [0.1, 0.15) is 10.7 Å². The Labute approximate surface area is 101 Å². The predicted molar refractivity (Wildman–Crippen MR) is 61.4 cm³/mol. The second-order valence-electron chi connectivity index (χ2n) is 4.30. The molecular weight excluding hydrogens is 243 g/mol. The zero-order chi connectivity index (χ0) is 12.5. The van der Waals surface area contributed by atoms with Crippen LogP contribution in [0, 0.1) is 5.82 Å². The first-order chi connectivity index (χ1) is 8.01. The average molecular weight is 258 g/mol. The van der Waals surface area contributed by atoms with Crippen LogP contribution in [0.15, 0.2) is 23.4 Å². The minimum absolute atomic E-state index is 0.0305.